The number of likely N-dealkylation sites (N-methyl/N-ethyl adjacent to an activating group) is 1. The molecule has 0 spiro atoms. The van der Waals surface area contributed by atoms with E-state index in [0.717, 1.165) is 17.8 Å². The average Bonchev–Trinajstić information content (AvgIpc) is 2.99. The molecular formula is C14H15FN2S. The number of nitrogens with zero attached hydrogens (tertiary/aromatic N) is 1. The van der Waals surface area contributed by atoms with E-state index in [2.05, 4.69) is 10.7 Å². The Morgan fingerprint density at radius 2 is 2.06 bits per heavy atom. The van der Waals surface area contributed by atoms with E-state index in [4.69, 9.17) is 4.98 Å². The van der Waals surface area contributed by atoms with Crippen molar-refractivity contribution in [2.75, 3.05) is 13.6 Å². The van der Waals surface area contributed by atoms with Gasteiger partial charge in [-0.3, -0.25) is 0 Å². The van der Waals surface area contributed by atoms with Crippen LogP contribution in [0.3, 0.4) is 0 Å². The highest BCUT2D eigenvalue weighted by Gasteiger charge is 2.46. The fourth-order valence-corrected chi connectivity index (χ4v) is 3.32. The van der Waals surface area contributed by atoms with Gasteiger partial charge in [-0.15, -0.1) is 11.3 Å². The maximum absolute atomic E-state index is 12.9. The SMILES string of the molecule is CNCC1(c2nc(-c3ccc(F)cc3)cs2)CC1. The first-order valence-electron chi connectivity index (χ1n) is 6.10. The smallest absolute Gasteiger partial charge is 0.123 e. The number of rotatable bonds is 4. The zero-order valence-electron chi connectivity index (χ0n) is 10.2. The second kappa shape index (κ2) is 4.44. The quantitative estimate of drug-likeness (QED) is 0.915. The van der Waals surface area contributed by atoms with Crippen molar-refractivity contribution in [3.8, 4) is 11.3 Å². The standard InChI is InChI=1S/C14H15FN2S/c1-16-9-14(6-7-14)13-17-12(8-18-13)10-2-4-11(15)5-3-10/h2-5,8,16H,6-7,9H2,1H3. The summed E-state index contributed by atoms with van der Waals surface area (Å²) in [6.07, 6.45) is 2.43. The van der Waals surface area contributed by atoms with Crippen LogP contribution in [-0.2, 0) is 5.41 Å². The van der Waals surface area contributed by atoms with E-state index in [1.807, 2.05) is 7.05 Å². The Balaban J connectivity index is 1.88. The van der Waals surface area contributed by atoms with Gasteiger partial charge in [0, 0.05) is 22.9 Å². The summed E-state index contributed by atoms with van der Waals surface area (Å²) in [6, 6.07) is 6.53. The number of halogens is 1. The maximum atomic E-state index is 12.9. The van der Waals surface area contributed by atoms with Crippen LogP contribution < -0.4 is 5.32 Å². The Kier molecular flexibility index (Phi) is 2.92. The van der Waals surface area contributed by atoms with Crippen molar-refractivity contribution in [2.24, 2.45) is 0 Å². The molecule has 1 aromatic heterocycles. The van der Waals surface area contributed by atoms with Gasteiger partial charge >= 0.3 is 0 Å². The van der Waals surface area contributed by atoms with Gasteiger partial charge in [-0.25, -0.2) is 9.37 Å². The molecule has 1 N–H and O–H groups in total. The molecule has 0 atom stereocenters. The topological polar surface area (TPSA) is 24.9 Å². The summed E-state index contributed by atoms with van der Waals surface area (Å²) >= 11 is 1.71. The molecule has 0 bridgehead atoms. The van der Waals surface area contributed by atoms with Gasteiger partial charge in [-0.05, 0) is 44.2 Å². The van der Waals surface area contributed by atoms with E-state index in [9.17, 15) is 4.39 Å². The van der Waals surface area contributed by atoms with Crippen LogP contribution in [0.4, 0.5) is 4.39 Å². The van der Waals surface area contributed by atoms with Crippen LogP contribution in [-0.4, -0.2) is 18.6 Å². The van der Waals surface area contributed by atoms with Gasteiger partial charge in [-0.2, -0.15) is 0 Å². The summed E-state index contributed by atoms with van der Waals surface area (Å²) in [5.74, 6) is -0.206. The minimum Gasteiger partial charge on any atom is -0.319 e. The molecule has 18 heavy (non-hydrogen) atoms. The van der Waals surface area contributed by atoms with Crippen LogP contribution >= 0.6 is 11.3 Å². The summed E-state index contributed by atoms with van der Waals surface area (Å²) in [5.41, 5.74) is 2.20. The van der Waals surface area contributed by atoms with E-state index in [0.29, 0.717) is 0 Å². The van der Waals surface area contributed by atoms with Gasteiger partial charge < -0.3 is 5.32 Å². The van der Waals surface area contributed by atoms with Crippen molar-refractivity contribution in [1.29, 1.82) is 0 Å². The largest absolute Gasteiger partial charge is 0.319 e. The lowest BCUT2D eigenvalue weighted by Gasteiger charge is -2.10. The summed E-state index contributed by atoms with van der Waals surface area (Å²) in [4.78, 5) is 4.72. The molecule has 1 aliphatic rings. The lowest BCUT2D eigenvalue weighted by atomic mass is 10.1. The van der Waals surface area contributed by atoms with Gasteiger partial charge in [0.2, 0.25) is 0 Å². The third-order valence-electron chi connectivity index (χ3n) is 3.47. The third kappa shape index (κ3) is 2.06. The van der Waals surface area contributed by atoms with Crippen LogP contribution in [0.5, 0.6) is 0 Å². The van der Waals surface area contributed by atoms with Gasteiger partial charge in [0.15, 0.2) is 0 Å². The summed E-state index contributed by atoms with van der Waals surface area (Å²) in [6.45, 7) is 0.989. The van der Waals surface area contributed by atoms with Crippen molar-refractivity contribution in [3.63, 3.8) is 0 Å². The summed E-state index contributed by atoms with van der Waals surface area (Å²) < 4.78 is 12.9. The van der Waals surface area contributed by atoms with Crippen molar-refractivity contribution in [1.82, 2.24) is 10.3 Å². The predicted molar refractivity (Wildman–Crippen MR) is 72.3 cm³/mol. The van der Waals surface area contributed by atoms with Crippen LogP contribution in [0, 0.1) is 5.82 Å². The first kappa shape index (κ1) is 11.8. The Morgan fingerprint density at radius 3 is 2.67 bits per heavy atom. The van der Waals surface area contributed by atoms with Crippen LogP contribution in [0.15, 0.2) is 29.6 Å². The van der Waals surface area contributed by atoms with Crippen molar-refractivity contribution < 1.29 is 4.39 Å². The van der Waals surface area contributed by atoms with E-state index in [1.165, 1.54) is 30.0 Å². The molecule has 1 heterocycles. The molecule has 0 saturated heterocycles. The van der Waals surface area contributed by atoms with Crippen molar-refractivity contribution in [2.45, 2.75) is 18.3 Å². The second-order valence-electron chi connectivity index (χ2n) is 4.86. The highest BCUT2D eigenvalue weighted by molar-refractivity contribution is 7.10. The van der Waals surface area contributed by atoms with Crippen molar-refractivity contribution in [3.05, 3.63) is 40.5 Å². The molecule has 1 saturated carbocycles. The van der Waals surface area contributed by atoms with Gasteiger partial charge in [0.05, 0.1) is 5.69 Å². The zero-order valence-corrected chi connectivity index (χ0v) is 11.1. The Bertz CT molecular complexity index is 543. The lowest BCUT2D eigenvalue weighted by molar-refractivity contribution is 0.620. The third-order valence-corrected chi connectivity index (χ3v) is 4.56. The predicted octanol–water partition coefficient (Wildman–Crippen LogP) is 3.20. The Labute approximate surface area is 110 Å². The number of hydrogen-bond donors (Lipinski definition) is 1. The molecule has 1 aliphatic carbocycles. The molecule has 3 rings (SSSR count). The maximum Gasteiger partial charge on any atom is 0.123 e. The number of thiazole rings is 1. The highest BCUT2D eigenvalue weighted by Crippen LogP contribution is 2.49. The van der Waals surface area contributed by atoms with E-state index < -0.39 is 0 Å². The van der Waals surface area contributed by atoms with E-state index in [-0.39, 0.29) is 11.2 Å². The van der Waals surface area contributed by atoms with E-state index >= 15 is 0 Å². The molecule has 1 fully saturated rings. The molecule has 2 aromatic rings. The number of aromatic nitrogens is 1. The molecule has 0 radical (unpaired) electrons. The number of hydrogen-bond acceptors (Lipinski definition) is 3. The van der Waals surface area contributed by atoms with Crippen molar-refractivity contribution >= 4 is 11.3 Å². The lowest BCUT2D eigenvalue weighted by Crippen LogP contribution is -2.23. The summed E-state index contributed by atoms with van der Waals surface area (Å²) in [5, 5.41) is 6.52. The number of nitrogens with one attached hydrogen (secondary N) is 1. The van der Waals surface area contributed by atoms with Crippen LogP contribution in [0.2, 0.25) is 0 Å². The van der Waals surface area contributed by atoms with E-state index in [1.54, 1.807) is 23.5 Å². The normalized spacial score (nSPS) is 16.8. The van der Waals surface area contributed by atoms with Crippen LogP contribution in [0.1, 0.15) is 17.8 Å². The fraction of sp³-hybridized carbons (Fsp3) is 0.357. The highest BCUT2D eigenvalue weighted by atomic mass is 32.1. The molecule has 94 valence electrons. The number of benzene rings is 1. The van der Waals surface area contributed by atoms with Gasteiger partial charge in [0.1, 0.15) is 10.8 Å². The Hall–Kier alpha value is -1.26. The average molecular weight is 262 g/mol. The zero-order chi connectivity index (χ0) is 12.6. The molecule has 1 aromatic carbocycles. The molecule has 4 heteroatoms. The van der Waals surface area contributed by atoms with Gasteiger partial charge in [0.25, 0.3) is 0 Å². The fourth-order valence-electron chi connectivity index (χ4n) is 2.23. The van der Waals surface area contributed by atoms with Crippen LogP contribution in [0.25, 0.3) is 11.3 Å². The monoisotopic (exact) mass is 262 g/mol. The Morgan fingerprint density at radius 1 is 1.33 bits per heavy atom. The minimum absolute atomic E-state index is 0.206. The van der Waals surface area contributed by atoms with Gasteiger partial charge in [-0.1, -0.05) is 0 Å². The molecule has 0 aliphatic heterocycles. The molecule has 2 nitrogen and oxygen atoms in total. The molecule has 0 amide bonds. The first-order valence-corrected chi connectivity index (χ1v) is 6.98. The molecule has 0 unspecified atom stereocenters. The first-order chi connectivity index (χ1) is 8.73. The minimum atomic E-state index is -0.206. The summed E-state index contributed by atoms with van der Waals surface area (Å²) in [7, 11) is 1.98. The second-order valence-corrected chi connectivity index (χ2v) is 5.71. The molecular weight excluding hydrogens is 247 g/mol.